The Bertz CT molecular complexity index is 408. The fourth-order valence-corrected chi connectivity index (χ4v) is 2.39. The van der Waals surface area contributed by atoms with Crippen LogP contribution in [0, 0.1) is 0 Å². The molecule has 1 heterocycles. The molecule has 1 saturated heterocycles. The molecule has 1 aliphatic heterocycles. The van der Waals surface area contributed by atoms with Crippen molar-refractivity contribution in [1.82, 2.24) is 4.90 Å². The van der Waals surface area contributed by atoms with Crippen molar-refractivity contribution in [3.8, 4) is 0 Å². The van der Waals surface area contributed by atoms with Crippen LogP contribution in [-0.2, 0) is 9.53 Å². The molecule has 0 bridgehead atoms. The van der Waals surface area contributed by atoms with Gasteiger partial charge in [0.25, 0.3) is 0 Å². The van der Waals surface area contributed by atoms with E-state index in [-0.39, 0.29) is 18.0 Å². The molecule has 0 aromatic heterocycles. The van der Waals surface area contributed by atoms with Crippen molar-refractivity contribution in [2.75, 3.05) is 19.8 Å². The van der Waals surface area contributed by atoms with Crippen molar-refractivity contribution < 1.29 is 9.53 Å². The molecule has 4 nitrogen and oxygen atoms in total. The first kappa shape index (κ1) is 14.0. The number of hydrogen-bond donors (Lipinski definition) is 1. The number of nitrogens with two attached hydrogens (primary N) is 1. The van der Waals surface area contributed by atoms with Crippen LogP contribution in [0.4, 0.5) is 0 Å². The van der Waals surface area contributed by atoms with Crippen LogP contribution < -0.4 is 5.73 Å². The van der Waals surface area contributed by atoms with Crippen molar-refractivity contribution in [1.29, 1.82) is 0 Å². The Morgan fingerprint density at radius 3 is 2.89 bits per heavy atom. The largest absolute Gasteiger partial charge is 0.377 e. The maximum Gasteiger partial charge on any atom is 0.223 e. The van der Waals surface area contributed by atoms with Crippen molar-refractivity contribution in [2.45, 2.75) is 31.8 Å². The van der Waals surface area contributed by atoms with Crippen molar-refractivity contribution >= 4 is 5.91 Å². The van der Waals surface area contributed by atoms with E-state index in [0.717, 1.165) is 5.56 Å². The molecule has 4 heteroatoms. The third-order valence-electron chi connectivity index (χ3n) is 3.58. The minimum absolute atomic E-state index is 0.0681. The summed E-state index contributed by atoms with van der Waals surface area (Å²) in [4.78, 5) is 14.1. The number of morpholine rings is 1. The SMILES string of the molecule is C[C@@H]1COCCN1C(=O)CCC(N)c1ccccc1. The Labute approximate surface area is 114 Å². The lowest BCUT2D eigenvalue weighted by Crippen LogP contribution is -2.47. The summed E-state index contributed by atoms with van der Waals surface area (Å²) in [7, 11) is 0. The molecule has 1 aromatic carbocycles. The summed E-state index contributed by atoms with van der Waals surface area (Å²) in [5.74, 6) is 0.183. The highest BCUT2D eigenvalue weighted by Gasteiger charge is 2.23. The highest BCUT2D eigenvalue weighted by molar-refractivity contribution is 5.76. The molecule has 1 fully saturated rings. The normalized spacial score (nSPS) is 21.2. The molecule has 1 unspecified atom stereocenters. The Morgan fingerprint density at radius 1 is 1.47 bits per heavy atom. The molecule has 1 amide bonds. The summed E-state index contributed by atoms with van der Waals surface area (Å²) in [6, 6.07) is 10.0. The van der Waals surface area contributed by atoms with Gasteiger partial charge in [0.1, 0.15) is 0 Å². The second kappa shape index (κ2) is 6.68. The van der Waals surface area contributed by atoms with E-state index in [1.807, 2.05) is 42.2 Å². The van der Waals surface area contributed by atoms with Crippen LogP contribution in [0.25, 0.3) is 0 Å². The molecule has 2 atom stereocenters. The molecule has 104 valence electrons. The maximum absolute atomic E-state index is 12.2. The van der Waals surface area contributed by atoms with Gasteiger partial charge in [0.15, 0.2) is 0 Å². The molecule has 0 saturated carbocycles. The number of amides is 1. The van der Waals surface area contributed by atoms with Gasteiger partial charge >= 0.3 is 0 Å². The molecule has 0 radical (unpaired) electrons. The molecular formula is C15H22N2O2. The zero-order valence-corrected chi connectivity index (χ0v) is 11.4. The van der Waals surface area contributed by atoms with E-state index in [4.69, 9.17) is 10.5 Å². The Morgan fingerprint density at radius 2 is 2.21 bits per heavy atom. The Hall–Kier alpha value is -1.39. The summed E-state index contributed by atoms with van der Waals surface area (Å²) in [6.07, 6.45) is 1.19. The highest BCUT2D eigenvalue weighted by Crippen LogP contribution is 2.17. The number of carbonyl (C=O) groups excluding carboxylic acids is 1. The fourth-order valence-electron chi connectivity index (χ4n) is 2.39. The lowest BCUT2D eigenvalue weighted by Gasteiger charge is -2.33. The van der Waals surface area contributed by atoms with Gasteiger partial charge in [-0.2, -0.15) is 0 Å². The zero-order valence-electron chi connectivity index (χ0n) is 11.4. The molecule has 2 N–H and O–H groups in total. The van der Waals surface area contributed by atoms with E-state index < -0.39 is 0 Å². The van der Waals surface area contributed by atoms with Crippen LogP contribution in [0.5, 0.6) is 0 Å². The number of carbonyl (C=O) groups is 1. The lowest BCUT2D eigenvalue weighted by molar-refractivity contribution is -0.139. The number of rotatable bonds is 4. The Balaban J connectivity index is 1.83. The smallest absolute Gasteiger partial charge is 0.223 e. The minimum Gasteiger partial charge on any atom is -0.377 e. The lowest BCUT2D eigenvalue weighted by atomic mass is 10.0. The molecule has 2 rings (SSSR count). The van der Waals surface area contributed by atoms with E-state index >= 15 is 0 Å². The summed E-state index contributed by atoms with van der Waals surface area (Å²) >= 11 is 0. The van der Waals surface area contributed by atoms with Gasteiger partial charge in [-0.05, 0) is 18.9 Å². The second-order valence-corrected chi connectivity index (χ2v) is 5.07. The minimum atomic E-state index is -0.0681. The van der Waals surface area contributed by atoms with Gasteiger partial charge < -0.3 is 15.4 Å². The van der Waals surface area contributed by atoms with Crippen LogP contribution in [-0.4, -0.2) is 36.6 Å². The van der Waals surface area contributed by atoms with Crippen LogP contribution in [0.2, 0.25) is 0 Å². The molecule has 19 heavy (non-hydrogen) atoms. The third-order valence-corrected chi connectivity index (χ3v) is 3.58. The molecular weight excluding hydrogens is 240 g/mol. The van der Waals surface area contributed by atoms with Crippen molar-refractivity contribution in [3.63, 3.8) is 0 Å². The molecule has 1 aliphatic rings. The van der Waals surface area contributed by atoms with Crippen LogP contribution in [0.15, 0.2) is 30.3 Å². The van der Waals surface area contributed by atoms with Gasteiger partial charge in [-0.3, -0.25) is 4.79 Å². The van der Waals surface area contributed by atoms with Gasteiger partial charge in [0.2, 0.25) is 5.91 Å². The summed E-state index contributed by atoms with van der Waals surface area (Å²) < 4.78 is 5.34. The van der Waals surface area contributed by atoms with E-state index in [1.165, 1.54) is 0 Å². The quantitative estimate of drug-likeness (QED) is 0.898. The van der Waals surface area contributed by atoms with E-state index in [2.05, 4.69) is 0 Å². The number of ether oxygens (including phenoxy) is 1. The first-order chi connectivity index (χ1) is 9.18. The molecule has 1 aromatic rings. The van der Waals surface area contributed by atoms with Crippen LogP contribution >= 0.6 is 0 Å². The van der Waals surface area contributed by atoms with Crippen molar-refractivity contribution in [2.24, 2.45) is 5.73 Å². The second-order valence-electron chi connectivity index (χ2n) is 5.07. The van der Waals surface area contributed by atoms with Crippen LogP contribution in [0.3, 0.4) is 0 Å². The number of hydrogen-bond acceptors (Lipinski definition) is 3. The zero-order chi connectivity index (χ0) is 13.7. The monoisotopic (exact) mass is 262 g/mol. The van der Waals surface area contributed by atoms with Gasteiger partial charge in [-0.1, -0.05) is 30.3 Å². The average molecular weight is 262 g/mol. The van der Waals surface area contributed by atoms with Gasteiger partial charge in [-0.15, -0.1) is 0 Å². The molecule has 0 spiro atoms. The number of benzene rings is 1. The first-order valence-corrected chi connectivity index (χ1v) is 6.86. The van der Waals surface area contributed by atoms with Gasteiger partial charge in [0, 0.05) is 19.0 Å². The summed E-state index contributed by atoms with van der Waals surface area (Å²) in [5.41, 5.74) is 7.20. The van der Waals surface area contributed by atoms with E-state index in [9.17, 15) is 4.79 Å². The summed E-state index contributed by atoms with van der Waals surface area (Å²) in [6.45, 7) is 3.99. The number of nitrogens with zero attached hydrogens (tertiary/aromatic N) is 1. The standard InChI is InChI=1S/C15H22N2O2/c1-12-11-19-10-9-17(12)15(18)8-7-14(16)13-5-3-2-4-6-13/h2-6,12,14H,7-11,16H2,1H3/t12-,14?/m1/s1. The average Bonchev–Trinajstić information content (AvgIpc) is 2.46. The Kier molecular flexibility index (Phi) is 4.93. The predicted octanol–water partition coefficient (Wildman–Crippen LogP) is 1.71. The van der Waals surface area contributed by atoms with Crippen molar-refractivity contribution in [3.05, 3.63) is 35.9 Å². The maximum atomic E-state index is 12.2. The van der Waals surface area contributed by atoms with E-state index in [1.54, 1.807) is 0 Å². The van der Waals surface area contributed by atoms with Gasteiger partial charge in [-0.25, -0.2) is 0 Å². The fraction of sp³-hybridized carbons (Fsp3) is 0.533. The third kappa shape index (κ3) is 3.78. The first-order valence-electron chi connectivity index (χ1n) is 6.86. The van der Waals surface area contributed by atoms with Gasteiger partial charge in [0.05, 0.1) is 19.3 Å². The van der Waals surface area contributed by atoms with Crippen LogP contribution in [0.1, 0.15) is 31.4 Å². The summed E-state index contributed by atoms with van der Waals surface area (Å²) in [5, 5.41) is 0. The molecule has 0 aliphatic carbocycles. The highest BCUT2D eigenvalue weighted by atomic mass is 16.5. The predicted molar refractivity (Wildman–Crippen MR) is 74.6 cm³/mol. The topological polar surface area (TPSA) is 55.6 Å². The van der Waals surface area contributed by atoms with E-state index in [0.29, 0.717) is 32.6 Å².